The van der Waals surface area contributed by atoms with Crippen LogP contribution in [0.1, 0.15) is 17.7 Å². The molecule has 0 aliphatic carbocycles. The minimum atomic E-state index is -0.0699. The Balaban J connectivity index is 1.58. The minimum Gasteiger partial charge on any atom is -0.396 e. The van der Waals surface area contributed by atoms with Crippen molar-refractivity contribution in [3.8, 4) is 5.69 Å². The number of aromatic amines is 1. The van der Waals surface area contributed by atoms with Crippen molar-refractivity contribution in [3.05, 3.63) is 58.0 Å². The summed E-state index contributed by atoms with van der Waals surface area (Å²) in [7, 11) is 0. The van der Waals surface area contributed by atoms with Crippen molar-refractivity contribution in [2.24, 2.45) is 5.92 Å². The number of aromatic nitrogens is 2. The molecule has 3 aromatic rings. The maximum Gasteiger partial charge on any atom is 0.248 e. The van der Waals surface area contributed by atoms with Gasteiger partial charge in [-0.15, -0.1) is 0 Å². The Morgan fingerprint density at radius 1 is 1.13 bits per heavy atom. The quantitative estimate of drug-likeness (QED) is 0.660. The normalized spacial score (nSPS) is 20.1. The molecular weight excluding hydrogens is 392 g/mol. The van der Waals surface area contributed by atoms with E-state index in [1.165, 1.54) is 11.5 Å². The van der Waals surface area contributed by atoms with Crippen molar-refractivity contribution in [2.45, 2.75) is 19.9 Å². The summed E-state index contributed by atoms with van der Waals surface area (Å²) in [4.78, 5) is 19.6. The Bertz CT molecular complexity index is 1130. The molecule has 2 aromatic heterocycles. The number of fused-ring (bicyclic) bond motifs is 1. The first-order chi connectivity index (χ1) is 15.1. The average molecular weight is 423 g/mol. The summed E-state index contributed by atoms with van der Waals surface area (Å²) in [6.45, 7) is 8.34. The number of hydrogen-bond acceptors (Lipinski definition) is 5. The zero-order valence-electron chi connectivity index (χ0n) is 18.0. The number of pyridine rings is 1. The van der Waals surface area contributed by atoms with Gasteiger partial charge in [0.15, 0.2) is 0 Å². The molecule has 5 rings (SSSR count). The van der Waals surface area contributed by atoms with Gasteiger partial charge < -0.3 is 19.7 Å². The van der Waals surface area contributed by atoms with E-state index in [4.69, 9.17) is 4.74 Å². The van der Waals surface area contributed by atoms with Crippen LogP contribution in [0, 0.1) is 12.8 Å². The Kier molecular flexibility index (Phi) is 5.56. The molecule has 0 saturated carbocycles. The van der Waals surface area contributed by atoms with Crippen LogP contribution in [0.3, 0.4) is 0 Å². The van der Waals surface area contributed by atoms with Crippen molar-refractivity contribution in [1.82, 2.24) is 14.5 Å². The van der Waals surface area contributed by atoms with Gasteiger partial charge in [0.1, 0.15) is 5.82 Å². The number of aliphatic hydroxyl groups is 1. The van der Waals surface area contributed by atoms with Crippen LogP contribution in [0.5, 0.6) is 0 Å². The van der Waals surface area contributed by atoms with Crippen LogP contribution >= 0.6 is 0 Å². The number of benzene rings is 1. The highest BCUT2D eigenvalue weighted by Gasteiger charge is 2.26. The molecule has 1 unspecified atom stereocenters. The Hall–Kier alpha value is -2.61. The first kappa shape index (κ1) is 20.3. The molecular formula is C24H30N4O3. The van der Waals surface area contributed by atoms with Crippen molar-refractivity contribution >= 4 is 16.7 Å². The van der Waals surface area contributed by atoms with Gasteiger partial charge in [-0.05, 0) is 49.2 Å². The molecule has 2 saturated heterocycles. The number of aliphatic hydroxyl groups excluding tert-OH is 1. The highest BCUT2D eigenvalue weighted by Crippen LogP contribution is 2.31. The van der Waals surface area contributed by atoms with Crippen molar-refractivity contribution in [1.29, 1.82) is 0 Å². The van der Waals surface area contributed by atoms with Crippen LogP contribution < -0.4 is 10.5 Å². The maximum atomic E-state index is 11.9. The monoisotopic (exact) mass is 422 g/mol. The van der Waals surface area contributed by atoms with E-state index in [1.54, 1.807) is 6.07 Å². The summed E-state index contributed by atoms with van der Waals surface area (Å²) in [6, 6.07) is 12.3. The second kappa shape index (κ2) is 8.49. The van der Waals surface area contributed by atoms with Gasteiger partial charge in [0, 0.05) is 73.6 Å². The largest absolute Gasteiger partial charge is 0.396 e. The lowest BCUT2D eigenvalue weighted by Gasteiger charge is -2.28. The standard InChI is InChI=1S/C24H30N4O3/c1-17-12-23(30)25-22-4-2-19(13-21(17)22)28-20(15-26-8-10-31-11-9-26)3-5-24(28)27-7-6-18(14-27)16-29/h2-5,12-13,18,29H,6-11,14-16H2,1H3,(H,25,30). The van der Waals surface area contributed by atoms with Gasteiger partial charge in [-0.2, -0.15) is 0 Å². The molecule has 0 radical (unpaired) electrons. The third kappa shape index (κ3) is 4.01. The molecule has 0 amide bonds. The highest BCUT2D eigenvalue weighted by atomic mass is 16.5. The van der Waals surface area contributed by atoms with E-state index in [2.05, 4.69) is 43.6 Å². The van der Waals surface area contributed by atoms with Gasteiger partial charge in [0.25, 0.3) is 0 Å². The van der Waals surface area contributed by atoms with E-state index >= 15 is 0 Å². The summed E-state index contributed by atoms with van der Waals surface area (Å²) in [5.74, 6) is 1.50. The molecule has 7 heteroatoms. The molecule has 31 heavy (non-hydrogen) atoms. The first-order valence-electron chi connectivity index (χ1n) is 11.1. The lowest BCUT2D eigenvalue weighted by Crippen LogP contribution is -2.36. The number of hydrogen-bond donors (Lipinski definition) is 2. The molecule has 2 aliphatic heterocycles. The summed E-state index contributed by atoms with van der Waals surface area (Å²) >= 11 is 0. The molecule has 1 aromatic carbocycles. The summed E-state index contributed by atoms with van der Waals surface area (Å²) in [5, 5.41) is 10.7. The Morgan fingerprint density at radius 3 is 2.74 bits per heavy atom. The fourth-order valence-electron chi connectivity index (χ4n) is 4.86. The van der Waals surface area contributed by atoms with Crippen molar-refractivity contribution in [2.75, 3.05) is 50.9 Å². The average Bonchev–Trinajstić information content (AvgIpc) is 3.41. The Morgan fingerprint density at radius 2 is 1.97 bits per heavy atom. The number of rotatable bonds is 5. The molecule has 7 nitrogen and oxygen atoms in total. The predicted octanol–water partition coefficient (Wildman–Crippen LogP) is 2.28. The molecule has 164 valence electrons. The summed E-state index contributed by atoms with van der Waals surface area (Å²) in [5.41, 5.74) is 4.10. The van der Waals surface area contributed by atoms with Crippen LogP contribution in [0.2, 0.25) is 0 Å². The van der Waals surface area contributed by atoms with E-state index in [0.29, 0.717) is 5.92 Å². The number of nitrogens with zero attached hydrogens (tertiary/aromatic N) is 3. The number of H-pyrrole nitrogens is 1. The zero-order chi connectivity index (χ0) is 21.4. The number of nitrogens with one attached hydrogen (secondary N) is 1. The smallest absolute Gasteiger partial charge is 0.248 e. The van der Waals surface area contributed by atoms with Gasteiger partial charge in [0.05, 0.1) is 13.2 Å². The summed E-state index contributed by atoms with van der Waals surface area (Å²) in [6.07, 6.45) is 1.01. The van der Waals surface area contributed by atoms with Crippen LogP contribution in [0.15, 0.2) is 41.2 Å². The molecule has 0 spiro atoms. The molecule has 2 N–H and O–H groups in total. The maximum absolute atomic E-state index is 11.9. The SMILES string of the molecule is Cc1cc(=O)[nH]c2ccc(-n3c(CN4CCOCC4)ccc3N3CCC(CO)C3)cc12. The lowest BCUT2D eigenvalue weighted by molar-refractivity contribution is 0.0334. The van der Waals surface area contributed by atoms with Gasteiger partial charge in [-0.3, -0.25) is 14.3 Å². The van der Waals surface area contributed by atoms with E-state index < -0.39 is 0 Å². The fourth-order valence-corrected chi connectivity index (χ4v) is 4.86. The second-order valence-corrected chi connectivity index (χ2v) is 8.74. The van der Waals surface area contributed by atoms with Gasteiger partial charge in [0.2, 0.25) is 5.56 Å². The fraction of sp³-hybridized carbons (Fsp3) is 0.458. The van der Waals surface area contributed by atoms with Crippen LogP contribution in [-0.4, -0.2) is 65.6 Å². The van der Waals surface area contributed by atoms with Crippen molar-refractivity contribution < 1.29 is 9.84 Å². The van der Waals surface area contributed by atoms with E-state index in [0.717, 1.165) is 74.5 Å². The molecule has 1 atom stereocenters. The predicted molar refractivity (Wildman–Crippen MR) is 122 cm³/mol. The second-order valence-electron chi connectivity index (χ2n) is 8.74. The third-order valence-electron chi connectivity index (χ3n) is 6.59. The highest BCUT2D eigenvalue weighted by molar-refractivity contribution is 5.84. The zero-order valence-corrected chi connectivity index (χ0v) is 18.0. The van der Waals surface area contributed by atoms with E-state index in [-0.39, 0.29) is 12.2 Å². The number of aryl methyl sites for hydroxylation is 1. The molecule has 0 bridgehead atoms. The van der Waals surface area contributed by atoms with Crippen LogP contribution in [0.4, 0.5) is 5.82 Å². The number of ether oxygens (including phenoxy) is 1. The van der Waals surface area contributed by atoms with Gasteiger partial charge in [-0.25, -0.2) is 0 Å². The lowest BCUT2D eigenvalue weighted by atomic mass is 10.1. The van der Waals surface area contributed by atoms with E-state index in [9.17, 15) is 9.90 Å². The van der Waals surface area contributed by atoms with Gasteiger partial charge >= 0.3 is 0 Å². The minimum absolute atomic E-state index is 0.0699. The van der Waals surface area contributed by atoms with Crippen molar-refractivity contribution in [3.63, 3.8) is 0 Å². The molecule has 4 heterocycles. The molecule has 2 fully saturated rings. The first-order valence-corrected chi connectivity index (χ1v) is 11.1. The van der Waals surface area contributed by atoms with E-state index in [1.807, 2.05) is 13.0 Å². The topological polar surface area (TPSA) is 73.7 Å². The van der Waals surface area contributed by atoms with Crippen LogP contribution in [0.25, 0.3) is 16.6 Å². The summed E-state index contributed by atoms with van der Waals surface area (Å²) < 4.78 is 7.87. The third-order valence-corrected chi connectivity index (χ3v) is 6.59. The van der Waals surface area contributed by atoms with Crippen LogP contribution in [-0.2, 0) is 11.3 Å². The Labute approximate surface area is 181 Å². The molecule has 2 aliphatic rings. The van der Waals surface area contributed by atoms with Gasteiger partial charge in [-0.1, -0.05) is 0 Å². The number of anilines is 1. The number of morpholine rings is 1.